The molecule has 0 saturated carbocycles. The number of hydrogen-bond donors (Lipinski definition) is 3. The predicted molar refractivity (Wildman–Crippen MR) is 118 cm³/mol. The fourth-order valence-corrected chi connectivity index (χ4v) is 4.44. The van der Waals surface area contributed by atoms with E-state index in [0.717, 1.165) is 12.1 Å². The first-order valence-electron chi connectivity index (χ1n) is 10.0. The van der Waals surface area contributed by atoms with E-state index < -0.39 is 34.3 Å². The summed E-state index contributed by atoms with van der Waals surface area (Å²) in [5.74, 6) is -0.277. The lowest BCUT2D eigenvalue weighted by molar-refractivity contribution is -0.137. The number of ether oxygens (including phenoxy) is 1. The van der Waals surface area contributed by atoms with Crippen molar-refractivity contribution in [2.45, 2.75) is 17.8 Å². The van der Waals surface area contributed by atoms with Gasteiger partial charge in [0.2, 0.25) is 0 Å². The van der Waals surface area contributed by atoms with Crippen LogP contribution in [0.25, 0.3) is 0 Å². The van der Waals surface area contributed by atoms with Gasteiger partial charge in [-0.2, -0.15) is 13.2 Å². The van der Waals surface area contributed by atoms with Crippen molar-refractivity contribution in [2.75, 3.05) is 19.0 Å². The van der Waals surface area contributed by atoms with E-state index in [0.29, 0.717) is 16.9 Å². The Bertz CT molecular complexity index is 1190. The van der Waals surface area contributed by atoms with Gasteiger partial charge in [-0.05, 0) is 23.8 Å². The molecule has 1 amide bonds. The quantitative estimate of drug-likeness (QED) is 0.474. The number of methoxy groups -OCH3 is 1. The van der Waals surface area contributed by atoms with Crippen LogP contribution in [0.5, 0.6) is 5.75 Å². The maximum atomic E-state index is 13.5. The Kier molecular flexibility index (Phi) is 6.09. The molecule has 4 rings (SSSR count). The third-order valence-electron chi connectivity index (χ3n) is 5.69. The molecule has 172 valence electrons. The number of carbonyl (C=O) groups is 1. The van der Waals surface area contributed by atoms with Crippen LogP contribution in [-0.2, 0) is 16.5 Å². The van der Waals surface area contributed by atoms with E-state index in [-0.39, 0.29) is 17.9 Å². The molecule has 0 aromatic heterocycles. The summed E-state index contributed by atoms with van der Waals surface area (Å²) in [7, 11) is 1.43. The minimum Gasteiger partial charge on any atom is -0.496 e. The lowest BCUT2D eigenvalue weighted by Crippen LogP contribution is -2.51. The van der Waals surface area contributed by atoms with Gasteiger partial charge in [0.1, 0.15) is 5.75 Å². The van der Waals surface area contributed by atoms with E-state index >= 15 is 0 Å². The van der Waals surface area contributed by atoms with Crippen LogP contribution in [0.1, 0.15) is 28.3 Å². The van der Waals surface area contributed by atoms with Crippen LogP contribution < -0.4 is 15.4 Å². The predicted octanol–water partition coefficient (Wildman–Crippen LogP) is 4.89. The molecule has 5 nitrogen and oxygen atoms in total. The summed E-state index contributed by atoms with van der Waals surface area (Å²) in [6.07, 6.45) is -4.70. The number of aliphatic hydroxyl groups is 1. The molecule has 0 bridgehead atoms. The fourth-order valence-electron chi connectivity index (χ4n) is 4.17. The zero-order chi connectivity index (χ0) is 23.8. The van der Waals surface area contributed by atoms with Crippen LogP contribution >= 0.6 is 11.6 Å². The third-order valence-corrected chi connectivity index (χ3v) is 6.00. The average molecular weight is 477 g/mol. The first kappa shape index (κ1) is 23.1. The zero-order valence-electron chi connectivity index (χ0n) is 17.4. The van der Waals surface area contributed by atoms with Gasteiger partial charge in [0, 0.05) is 16.8 Å². The summed E-state index contributed by atoms with van der Waals surface area (Å²) in [4.78, 5) is 13.5. The second kappa shape index (κ2) is 8.70. The molecule has 0 spiro atoms. The molecule has 9 heteroatoms. The largest absolute Gasteiger partial charge is 0.496 e. The summed E-state index contributed by atoms with van der Waals surface area (Å²) in [5, 5.41) is 15.4. The number of amides is 1. The summed E-state index contributed by atoms with van der Waals surface area (Å²) in [6, 6.07) is 16.8. The van der Waals surface area contributed by atoms with Gasteiger partial charge in [0.25, 0.3) is 5.91 Å². The number of benzene rings is 3. The number of fused-ring (bicyclic) bond motifs is 1. The third kappa shape index (κ3) is 3.94. The van der Waals surface area contributed by atoms with E-state index in [4.69, 9.17) is 16.3 Å². The Labute approximate surface area is 193 Å². The van der Waals surface area contributed by atoms with Crippen molar-refractivity contribution in [2.24, 2.45) is 0 Å². The molecular formula is C24H20ClF3N2O3. The Morgan fingerprint density at radius 2 is 1.76 bits per heavy atom. The minimum absolute atomic E-state index is 0.0279. The summed E-state index contributed by atoms with van der Waals surface area (Å²) in [5.41, 5.74) is -1.51. The van der Waals surface area contributed by atoms with Crippen molar-refractivity contribution >= 4 is 23.2 Å². The van der Waals surface area contributed by atoms with Crippen LogP contribution in [0, 0.1) is 0 Å². The van der Waals surface area contributed by atoms with Crippen molar-refractivity contribution in [1.82, 2.24) is 5.32 Å². The van der Waals surface area contributed by atoms with Crippen molar-refractivity contribution in [1.29, 1.82) is 0 Å². The zero-order valence-corrected chi connectivity index (χ0v) is 18.2. The Hall–Kier alpha value is -3.07. The molecule has 0 saturated heterocycles. The van der Waals surface area contributed by atoms with E-state index in [1.807, 2.05) is 6.07 Å². The molecule has 3 N–H and O–H groups in total. The Morgan fingerprint density at radius 3 is 2.39 bits per heavy atom. The number of carbonyl (C=O) groups excluding carboxylic acids is 1. The maximum Gasteiger partial charge on any atom is 0.417 e. The molecule has 3 aromatic rings. The number of anilines is 1. The average Bonchev–Trinajstić information content (AvgIpc) is 3.07. The van der Waals surface area contributed by atoms with Crippen LogP contribution in [-0.4, -0.2) is 24.7 Å². The van der Waals surface area contributed by atoms with E-state index in [1.54, 1.807) is 48.5 Å². The summed E-state index contributed by atoms with van der Waals surface area (Å²) in [6.45, 7) is -0.377. The highest BCUT2D eigenvalue weighted by Crippen LogP contribution is 2.49. The number of nitrogens with one attached hydrogen (secondary N) is 2. The van der Waals surface area contributed by atoms with Crippen molar-refractivity contribution in [3.63, 3.8) is 0 Å². The topological polar surface area (TPSA) is 70.6 Å². The number of halogens is 4. The summed E-state index contributed by atoms with van der Waals surface area (Å²) >= 11 is 6.05. The first-order valence-corrected chi connectivity index (χ1v) is 10.4. The van der Waals surface area contributed by atoms with Gasteiger partial charge >= 0.3 is 6.18 Å². The van der Waals surface area contributed by atoms with Crippen LogP contribution in [0.2, 0.25) is 5.02 Å². The fraction of sp³-hybridized carbons (Fsp3) is 0.208. The Balaban J connectivity index is 1.97. The molecular weight excluding hydrogens is 457 g/mol. The lowest BCUT2D eigenvalue weighted by Gasteiger charge is -2.34. The van der Waals surface area contributed by atoms with Gasteiger partial charge < -0.3 is 15.2 Å². The Morgan fingerprint density at radius 1 is 1.09 bits per heavy atom. The molecule has 1 aliphatic rings. The highest BCUT2D eigenvalue weighted by Gasteiger charge is 2.52. The van der Waals surface area contributed by atoms with Gasteiger partial charge in [-0.1, -0.05) is 60.1 Å². The molecule has 0 aliphatic carbocycles. The molecule has 1 unspecified atom stereocenters. The highest BCUT2D eigenvalue weighted by atomic mass is 35.5. The number of alkyl halides is 3. The van der Waals surface area contributed by atoms with Crippen LogP contribution in [0.4, 0.5) is 18.9 Å². The SMILES string of the molecule is COc1ccccc1C1(N[C@H](CO)c2ccccc2)C(=O)Nc2cc(C(F)(F)F)c(Cl)cc21. The highest BCUT2D eigenvalue weighted by molar-refractivity contribution is 6.32. The molecule has 0 fully saturated rings. The monoisotopic (exact) mass is 476 g/mol. The second-order valence-electron chi connectivity index (χ2n) is 7.57. The number of para-hydroxylation sites is 1. The number of hydrogen-bond acceptors (Lipinski definition) is 4. The van der Waals surface area contributed by atoms with E-state index in [1.165, 1.54) is 7.11 Å². The maximum absolute atomic E-state index is 13.5. The first-order chi connectivity index (χ1) is 15.7. The van der Waals surface area contributed by atoms with Crippen LogP contribution in [0.3, 0.4) is 0 Å². The molecule has 33 heavy (non-hydrogen) atoms. The van der Waals surface area contributed by atoms with Gasteiger partial charge in [-0.3, -0.25) is 10.1 Å². The van der Waals surface area contributed by atoms with Gasteiger partial charge in [0.15, 0.2) is 5.54 Å². The van der Waals surface area contributed by atoms with E-state index in [9.17, 15) is 23.1 Å². The van der Waals surface area contributed by atoms with Crippen LogP contribution in [0.15, 0.2) is 66.7 Å². The van der Waals surface area contributed by atoms with E-state index in [2.05, 4.69) is 10.6 Å². The minimum atomic E-state index is -4.70. The van der Waals surface area contributed by atoms with Gasteiger partial charge in [-0.15, -0.1) is 0 Å². The lowest BCUT2D eigenvalue weighted by atomic mass is 9.81. The standard InChI is InChI=1S/C24H20ClF3N2O3/c1-33-21-10-6-5-9-15(21)23(30-20(13-31)14-7-3-2-4-8-14)17-11-18(25)16(24(26,27)28)12-19(17)29-22(23)32/h2-12,20,30-31H,13H2,1H3,(H,29,32)/t20-,23?/m1/s1. The summed E-state index contributed by atoms with van der Waals surface area (Å²) < 4.78 is 45.9. The van der Waals surface area contributed by atoms with Crippen molar-refractivity contribution in [3.8, 4) is 5.75 Å². The molecule has 1 aliphatic heterocycles. The van der Waals surface area contributed by atoms with Crippen molar-refractivity contribution < 1.29 is 27.8 Å². The number of aliphatic hydroxyl groups excluding tert-OH is 1. The van der Waals surface area contributed by atoms with Gasteiger partial charge in [-0.25, -0.2) is 0 Å². The molecule has 0 radical (unpaired) electrons. The smallest absolute Gasteiger partial charge is 0.417 e. The molecule has 1 heterocycles. The normalized spacial score (nSPS) is 18.5. The molecule has 2 atom stereocenters. The molecule has 3 aromatic carbocycles. The second-order valence-corrected chi connectivity index (χ2v) is 7.98. The van der Waals surface area contributed by atoms with Crippen molar-refractivity contribution in [3.05, 3.63) is 94.0 Å². The van der Waals surface area contributed by atoms with Gasteiger partial charge in [0.05, 0.1) is 30.3 Å². The number of rotatable bonds is 6.